The summed E-state index contributed by atoms with van der Waals surface area (Å²) in [4.78, 5) is 20.6. The first-order valence-electron chi connectivity index (χ1n) is 9.58. The van der Waals surface area contributed by atoms with Crippen molar-refractivity contribution < 1.29 is 13.6 Å². The normalized spacial score (nSPS) is 13.7. The number of carbonyl (C=O) groups is 1. The molecule has 2 N–H and O–H groups in total. The fraction of sp³-hybridized carbons (Fsp3) is 0.182. The Balaban J connectivity index is 1.67. The second-order valence-corrected chi connectivity index (χ2v) is 7.36. The Morgan fingerprint density at radius 1 is 1.10 bits per heavy atom. The Morgan fingerprint density at radius 2 is 1.87 bits per heavy atom. The Bertz CT molecular complexity index is 1300. The van der Waals surface area contributed by atoms with Gasteiger partial charge < -0.3 is 5.73 Å². The van der Waals surface area contributed by atoms with Crippen LogP contribution in [0.4, 0.5) is 8.78 Å². The zero-order valence-corrected chi connectivity index (χ0v) is 15.8. The Labute approximate surface area is 170 Å². The minimum atomic E-state index is -0.579. The molecule has 4 aromatic rings. The van der Waals surface area contributed by atoms with Crippen molar-refractivity contribution in [3.63, 3.8) is 0 Å². The van der Waals surface area contributed by atoms with E-state index in [1.807, 2.05) is 0 Å². The summed E-state index contributed by atoms with van der Waals surface area (Å²) >= 11 is 0. The van der Waals surface area contributed by atoms with Crippen LogP contribution in [-0.4, -0.2) is 25.7 Å². The number of aromatic nitrogens is 4. The average Bonchev–Trinajstić information content (AvgIpc) is 3.51. The maximum atomic E-state index is 14.7. The molecular weight excluding hydrogens is 388 g/mol. The van der Waals surface area contributed by atoms with Gasteiger partial charge in [-0.15, -0.1) is 0 Å². The van der Waals surface area contributed by atoms with Gasteiger partial charge in [0.05, 0.1) is 17.8 Å². The van der Waals surface area contributed by atoms with E-state index >= 15 is 0 Å². The lowest BCUT2D eigenvalue weighted by Crippen LogP contribution is -2.15. The lowest BCUT2D eigenvalue weighted by atomic mass is 10.1. The molecule has 8 heteroatoms. The van der Waals surface area contributed by atoms with Crippen LogP contribution in [0.2, 0.25) is 0 Å². The number of carbonyl (C=O) groups excluding carboxylic acids is 1. The van der Waals surface area contributed by atoms with Crippen molar-refractivity contribution in [2.75, 3.05) is 0 Å². The van der Waals surface area contributed by atoms with E-state index in [0.717, 1.165) is 12.8 Å². The zero-order valence-electron chi connectivity index (χ0n) is 15.8. The summed E-state index contributed by atoms with van der Waals surface area (Å²) in [5.41, 5.74) is 7.36. The molecule has 0 unspecified atom stereocenters. The number of benzene rings is 2. The van der Waals surface area contributed by atoms with Gasteiger partial charge >= 0.3 is 0 Å². The van der Waals surface area contributed by atoms with E-state index in [9.17, 15) is 13.6 Å². The number of amides is 1. The molecule has 1 amide bonds. The smallest absolute Gasteiger partial charge is 0.252 e. The quantitative estimate of drug-likeness (QED) is 0.547. The van der Waals surface area contributed by atoms with Crippen molar-refractivity contribution >= 4 is 16.8 Å². The van der Waals surface area contributed by atoms with Crippen LogP contribution < -0.4 is 5.73 Å². The minimum Gasteiger partial charge on any atom is -0.365 e. The van der Waals surface area contributed by atoms with E-state index < -0.39 is 17.5 Å². The van der Waals surface area contributed by atoms with Gasteiger partial charge in [0.2, 0.25) is 0 Å². The SMILES string of the molecule is NC(=O)c1cnc(-c2nn(Cc3ccccc3F)c3c(F)cccc23)nc1C1CC1. The number of rotatable bonds is 5. The molecule has 0 bridgehead atoms. The third-order valence-electron chi connectivity index (χ3n) is 5.26. The van der Waals surface area contributed by atoms with Crippen molar-refractivity contribution in [1.82, 2.24) is 19.7 Å². The van der Waals surface area contributed by atoms with Crippen LogP contribution in [-0.2, 0) is 6.54 Å². The van der Waals surface area contributed by atoms with Crippen LogP contribution in [0.25, 0.3) is 22.4 Å². The van der Waals surface area contributed by atoms with Crippen molar-refractivity contribution in [2.45, 2.75) is 25.3 Å². The van der Waals surface area contributed by atoms with Crippen molar-refractivity contribution in [1.29, 1.82) is 0 Å². The fourth-order valence-electron chi connectivity index (χ4n) is 3.63. The summed E-state index contributed by atoms with van der Waals surface area (Å²) < 4.78 is 30.3. The predicted molar refractivity (Wildman–Crippen MR) is 107 cm³/mol. The Kier molecular flexibility index (Phi) is 4.27. The number of hydrogen-bond acceptors (Lipinski definition) is 4. The molecule has 1 fully saturated rings. The van der Waals surface area contributed by atoms with E-state index in [1.165, 1.54) is 23.0 Å². The molecule has 5 rings (SSSR count). The number of fused-ring (bicyclic) bond motifs is 1. The second-order valence-electron chi connectivity index (χ2n) is 7.36. The van der Waals surface area contributed by atoms with Gasteiger partial charge in [0.15, 0.2) is 5.82 Å². The first kappa shape index (κ1) is 18.4. The van der Waals surface area contributed by atoms with Gasteiger partial charge in [-0.2, -0.15) is 5.10 Å². The number of para-hydroxylation sites is 1. The third-order valence-corrected chi connectivity index (χ3v) is 5.26. The first-order chi connectivity index (χ1) is 14.5. The highest BCUT2D eigenvalue weighted by Gasteiger charge is 2.30. The van der Waals surface area contributed by atoms with Gasteiger partial charge in [-0.1, -0.05) is 30.3 Å². The molecule has 2 aromatic heterocycles. The Hall–Kier alpha value is -3.68. The maximum absolute atomic E-state index is 14.7. The number of nitrogens with zero attached hydrogens (tertiary/aromatic N) is 4. The molecule has 2 heterocycles. The molecule has 0 saturated heterocycles. The lowest BCUT2D eigenvalue weighted by molar-refractivity contribution is 0.0998. The summed E-state index contributed by atoms with van der Waals surface area (Å²) in [5, 5.41) is 5.03. The number of nitrogens with two attached hydrogens (primary N) is 1. The molecule has 1 saturated carbocycles. The first-order valence-corrected chi connectivity index (χ1v) is 9.58. The molecule has 1 aliphatic rings. The summed E-state index contributed by atoms with van der Waals surface area (Å²) in [6.45, 7) is 0.0545. The van der Waals surface area contributed by atoms with E-state index in [1.54, 1.807) is 30.3 Å². The molecule has 6 nitrogen and oxygen atoms in total. The third kappa shape index (κ3) is 3.10. The number of primary amides is 1. The van der Waals surface area contributed by atoms with Crippen molar-refractivity contribution in [3.8, 4) is 11.5 Å². The fourth-order valence-corrected chi connectivity index (χ4v) is 3.63. The molecule has 0 radical (unpaired) electrons. The topological polar surface area (TPSA) is 86.7 Å². The highest BCUT2D eigenvalue weighted by atomic mass is 19.1. The molecule has 0 atom stereocenters. The molecule has 2 aromatic carbocycles. The molecule has 0 spiro atoms. The van der Waals surface area contributed by atoms with Gasteiger partial charge in [-0.3, -0.25) is 9.48 Å². The molecule has 150 valence electrons. The zero-order chi connectivity index (χ0) is 20.8. The van der Waals surface area contributed by atoms with Gasteiger partial charge in [0, 0.05) is 23.1 Å². The van der Waals surface area contributed by atoms with E-state index in [2.05, 4.69) is 15.1 Å². The molecule has 0 aliphatic heterocycles. The number of hydrogen-bond donors (Lipinski definition) is 1. The van der Waals surface area contributed by atoms with Crippen LogP contribution in [0.3, 0.4) is 0 Å². The maximum Gasteiger partial charge on any atom is 0.252 e. The highest BCUT2D eigenvalue weighted by Crippen LogP contribution is 2.41. The Morgan fingerprint density at radius 3 is 2.60 bits per heavy atom. The minimum absolute atomic E-state index is 0.0545. The summed E-state index contributed by atoms with van der Waals surface area (Å²) in [7, 11) is 0. The molecule has 1 aliphatic carbocycles. The van der Waals surface area contributed by atoms with Crippen LogP contribution in [0, 0.1) is 11.6 Å². The van der Waals surface area contributed by atoms with E-state index in [-0.39, 0.29) is 23.8 Å². The largest absolute Gasteiger partial charge is 0.365 e. The average molecular weight is 405 g/mol. The molecule has 30 heavy (non-hydrogen) atoms. The lowest BCUT2D eigenvalue weighted by Gasteiger charge is -2.06. The standard InChI is InChI=1S/C22H17F2N5O/c23-16-6-2-1-4-13(16)11-29-20-14(5-3-7-17(20)24)19(28-29)22-26-10-15(21(25)30)18(27-22)12-8-9-12/h1-7,10,12H,8-9,11H2,(H2,25,30). The summed E-state index contributed by atoms with van der Waals surface area (Å²) in [6.07, 6.45) is 3.25. The monoisotopic (exact) mass is 405 g/mol. The van der Waals surface area contributed by atoms with E-state index in [0.29, 0.717) is 27.9 Å². The second kappa shape index (κ2) is 6.98. The van der Waals surface area contributed by atoms with Gasteiger partial charge in [-0.25, -0.2) is 18.7 Å². The van der Waals surface area contributed by atoms with Crippen LogP contribution in [0.1, 0.15) is 40.4 Å². The number of halogens is 2. The summed E-state index contributed by atoms with van der Waals surface area (Å²) in [5.74, 6) is -0.997. The van der Waals surface area contributed by atoms with Crippen molar-refractivity contribution in [3.05, 3.63) is 77.1 Å². The van der Waals surface area contributed by atoms with Crippen LogP contribution in [0.5, 0.6) is 0 Å². The van der Waals surface area contributed by atoms with Gasteiger partial charge in [0.1, 0.15) is 22.8 Å². The highest BCUT2D eigenvalue weighted by molar-refractivity contribution is 5.95. The van der Waals surface area contributed by atoms with Gasteiger partial charge in [0.25, 0.3) is 5.91 Å². The van der Waals surface area contributed by atoms with E-state index in [4.69, 9.17) is 5.73 Å². The van der Waals surface area contributed by atoms with Gasteiger partial charge in [-0.05, 0) is 25.0 Å². The predicted octanol–water partition coefficient (Wildman–Crippen LogP) is 3.80. The summed E-state index contributed by atoms with van der Waals surface area (Å²) in [6, 6.07) is 10.9. The van der Waals surface area contributed by atoms with Crippen LogP contribution in [0.15, 0.2) is 48.7 Å². The van der Waals surface area contributed by atoms with Crippen molar-refractivity contribution in [2.24, 2.45) is 5.73 Å². The molecular formula is C22H17F2N5O. The van der Waals surface area contributed by atoms with Crippen LogP contribution >= 0.6 is 0 Å².